The van der Waals surface area contributed by atoms with Gasteiger partial charge in [0.2, 0.25) is 6.43 Å². The van der Waals surface area contributed by atoms with E-state index in [1.807, 2.05) is 0 Å². The Morgan fingerprint density at radius 1 is 1.40 bits per heavy atom. The van der Waals surface area contributed by atoms with Gasteiger partial charge in [0, 0.05) is 6.54 Å². The van der Waals surface area contributed by atoms with Crippen molar-refractivity contribution in [3.63, 3.8) is 0 Å². The van der Waals surface area contributed by atoms with Gasteiger partial charge in [-0.3, -0.25) is 0 Å². The second-order valence-corrected chi connectivity index (χ2v) is 2.13. The summed E-state index contributed by atoms with van der Waals surface area (Å²) in [6.07, 6.45) is -3.05. The normalized spacial score (nSPS) is 15.9. The van der Waals surface area contributed by atoms with Crippen LogP contribution in [-0.2, 0) is 0 Å². The number of hydrogen-bond donors (Lipinski definition) is 1. The van der Waals surface area contributed by atoms with Crippen LogP contribution in [0.4, 0.5) is 17.6 Å². The summed E-state index contributed by atoms with van der Waals surface area (Å²) in [4.78, 5) is 0. The van der Waals surface area contributed by atoms with Gasteiger partial charge in [-0.15, -0.1) is 0 Å². The molecule has 0 aliphatic heterocycles. The van der Waals surface area contributed by atoms with Gasteiger partial charge >= 0.3 is 0 Å². The van der Waals surface area contributed by atoms with Crippen molar-refractivity contribution in [3.8, 4) is 0 Å². The summed E-state index contributed by atoms with van der Waals surface area (Å²) in [5.41, 5.74) is 4.70. The summed E-state index contributed by atoms with van der Waals surface area (Å²) in [6.45, 7) is -0.252. The van der Waals surface area contributed by atoms with Crippen molar-refractivity contribution >= 4 is 0 Å². The molecule has 2 N–H and O–H groups in total. The van der Waals surface area contributed by atoms with Gasteiger partial charge < -0.3 is 5.73 Å². The van der Waals surface area contributed by atoms with Gasteiger partial charge in [0.05, 0.1) is 5.92 Å². The SMILES string of the molecule is CC(F)(F)C(CN)C(F)F. The fourth-order valence-electron chi connectivity index (χ4n) is 0.531. The highest BCUT2D eigenvalue weighted by Gasteiger charge is 2.39. The number of rotatable bonds is 3. The van der Waals surface area contributed by atoms with E-state index in [2.05, 4.69) is 0 Å². The third-order valence-corrected chi connectivity index (χ3v) is 1.21. The lowest BCUT2D eigenvalue weighted by atomic mass is 10.0. The largest absolute Gasteiger partial charge is 0.330 e. The molecule has 0 radical (unpaired) electrons. The standard InChI is InChI=1S/C5H9F4N/c1-5(8,9)3(2-10)4(6)7/h3-4H,2,10H2,1H3. The summed E-state index contributed by atoms with van der Waals surface area (Å²) >= 11 is 0. The molecular weight excluding hydrogens is 150 g/mol. The first kappa shape index (κ1) is 9.68. The molecule has 0 aromatic carbocycles. The molecule has 0 spiro atoms. The van der Waals surface area contributed by atoms with E-state index in [0.717, 1.165) is 0 Å². The Morgan fingerprint density at radius 3 is 1.80 bits per heavy atom. The maximum Gasteiger partial charge on any atom is 0.254 e. The van der Waals surface area contributed by atoms with Crippen LogP contribution in [0.25, 0.3) is 0 Å². The molecule has 0 amide bonds. The van der Waals surface area contributed by atoms with Gasteiger partial charge in [-0.05, 0) is 6.92 Å². The molecule has 1 nitrogen and oxygen atoms in total. The lowest BCUT2D eigenvalue weighted by Crippen LogP contribution is -2.36. The fourth-order valence-corrected chi connectivity index (χ4v) is 0.531. The van der Waals surface area contributed by atoms with Crippen molar-refractivity contribution in [2.45, 2.75) is 19.3 Å². The van der Waals surface area contributed by atoms with Crippen molar-refractivity contribution in [1.29, 1.82) is 0 Å². The van der Waals surface area contributed by atoms with E-state index in [9.17, 15) is 17.6 Å². The Hall–Kier alpha value is -0.320. The first-order chi connectivity index (χ1) is 4.39. The minimum absolute atomic E-state index is 0.441. The topological polar surface area (TPSA) is 26.0 Å². The molecule has 62 valence electrons. The zero-order valence-electron chi connectivity index (χ0n) is 5.45. The molecule has 10 heavy (non-hydrogen) atoms. The molecule has 0 rings (SSSR count). The summed E-state index contributed by atoms with van der Waals surface area (Å²) < 4.78 is 47.4. The number of alkyl halides is 4. The minimum Gasteiger partial charge on any atom is -0.330 e. The molecule has 0 aliphatic carbocycles. The monoisotopic (exact) mass is 159 g/mol. The summed E-state index contributed by atoms with van der Waals surface area (Å²) in [5.74, 6) is -5.41. The predicted molar refractivity (Wildman–Crippen MR) is 29.2 cm³/mol. The van der Waals surface area contributed by atoms with Crippen LogP contribution in [0.5, 0.6) is 0 Å². The number of halogens is 4. The Balaban J connectivity index is 4.07. The lowest BCUT2D eigenvalue weighted by Gasteiger charge is -2.20. The van der Waals surface area contributed by atoms with Gasteiger partial charge in [-0.1, -0.05) is 0 Å². The van der Waals surface area contributed by atoms with E-state index in [-0.39, 0.29) is 0 Å². The van der Waals surface area contributed by atoms with Crippen molar-refractivity contribution in [2.24, 2.45) is 11.7 Å². The van der Waals surface area contributed by atoms with Crippen LogP contribution >= 0.6 is 0 Å². The molecule has 0 saturated heterocycles. The maximum atomic E-state index is 12.1. The van der Waals surface area contributed by atoms with Crippen LogP contribution < -0.4 is 5.73 Å². The molecule has 0 heterocycles. The van der Waals surface area contributed by atoms with Gasteiger partial charge in [-0.25, -0.2) is 17.6 Å². The zero-order chi connectivity index (χ0) is 8.36. The van der Waals surface area contributed by atoms with Gasteiger partial charge in [0.15, 0.2) is 0 Å². The van der Waals surface area contributed by atoms with Crippen LogP contribution in [0.2, 0.25) is 0 Å². The lowest BCUT2D eigenvalue weighted by molar-refractivity contribution is -0.0970. The van der Waals surface area contributed by atoms with Crippen LogP contribution in [0.3, 0.4) is 0 Å². The second-order valence-electron chi connectivity index (χ2n) is 2.13. The van der Waals surface area contributed by atoms with Crippen LogP contribution in [-0.4, -0.2) is 18.9 Å². The quantitative estimate of drug-likeness (QED) is 0.620. The molecule has 1 atom stereocenters. The molecule has 5 heteroatoms. The van der Waals surface area contributed by atoms with Gasteiger partial charge in [0.1, 0.15) is 0 Å². The molecule has 0 aromatic rings. The van der Waals surface area contributed by atoms with E-state index in [4.69, 9.17) is 5.73 Å². The van der Waals surface area contributed by atoms with Crippen LogP contribution in [0, 0.1) is 5.92 Å². The molecular formula is C5H9F4N. The smallest absolute Gasteiger partial charge is 0.254 e. The second kappa shape index (κ2) is 3.18. The fraction of sp³-hybridized carbons (Fsp3) is 1.00. The molecule has 0 fully saturated rings. The zero-order valence-corrected chi connectivity index (χ0v) is 5.45. The highest BCUT2D eigenvalue weighted by molar-refractivity contribution is 4.74. The van der Waals surface area contributed by atoms with E-state index in [1.165, 1.54) is 0 Å². The summed E-state index contributed by atoms with van der Waals surface area (Å²) in [7, 11) is 0. The molecule has 0 aliphatic rings. The highest BCUT2D eigenvalue weighted by Crippen LogP contribution is 2.27. The minimum atomic E-state index is -3.39. The molecule has 0 saturated carbocycles. The van der Waals surface area contributed by atoms with Gasteiger partial charge in [0.25, 0.3) is 5.92 Å². The van der Waals surface area contributed by atoms with E-state index >= 15 is 0 Å². The Bertz CT molecular complexity index is 98.3. The molecule has 1 unspecified atom stereocenters. The number of nitrogens with two attached hydrogens (primary N) is 1. The first-order valence-electron chi connectivity index (χ1n) is 2.75. The Morgan fingerprint density at radius 2 is 1.80 bits per heavy atom. The Kier molecular flexibility index (Phi) is 3.08. The summed E-state index contributed by atoms with van der Waals surface area (Å²) in [6, 6.07) is 0. The first-order valence-corrected chi connectivity index (χ1v) is 2.75. The van der Waals surface area contributed by atoms with Crippen molar-refractivity contribution in [2.75, 3.05) is 6.54 Å². The van der Waals surface area contributed by atoms with Crippen molar-refractivity contribution < 1.29 is 17.6 Å². The van der Waals surface area contributed by atoms with Crippen molar-refractivity contribution in [3.05, 3.63) is 0 Å². The average Bonchev–Trinajstić information content (AvgIpc) is 1.60. The average molecular weight is 159 g/mol. The number of hydrogen-bond acceptors (Lipinski definition) is 1. The third kappa shape index (κ3) is 2.51. The summed E-state index contributed by atoms with van der Waals surface area (Å²) in [5, 5.41) is 0. The molecule has 0 bridgehead atoms. The van der Waals surface area contributed by atoms with Crippen LogP contribution in [0.1, 0.15) is 6.92 Å². The van der Waals surface area contributed by atoms with E-state index < -0.39 is 24.8 Å². The Labute approximate surface area is 56.2 Å². The van der Waals surface area contributed by atoms with Crippen molar-refractivity contribution in [1.82, 2.24) is 0 Å². The van der Waals surface area contributed by atoms with E-state index in [1.54, 1.807) is 0 Å². The van der Waals surface area contributed by atoms with E-state index in [0.29, 0.717) is 6.92 Å². The molecule has 0 aromatic heterocycles. The van der Waals surface area contributed by atoms with Crippen LogP contribution in [0.15, 0.2) is 0 Å². The predicted octanol–water partition coefficient (Wildman–Crippen LogP) is 1.48. The maximum absolute atomic E-state index is 12.1. The van der Waals surface area contributed by atoms with Gasteiger partial charge in [-0.2, -0.15) is 0 Å². The highest BCUT2D eigenvalue weighted by atomic mass is 19.3. The third-order valence-electron chi connectivity index (χ3n) is 1.21.